The van der Waals surface area contributed by atoms with Crippen LogP contribution in [0.5, 0.6) is 0 Å². The molecule has 0 aromatic heterocycles. The first-order valence-corrected chi connectivity index (χ1v) is 3.62. The van der Waals surface area contributed by atoms with E-state index < -0.39 is 0 Å². The molecular formula is C9H14. The topological polar surface area (TPSA) is 0 Å². The number of hydrogen-bond donors (Lipinski definition) is 0. The fourth-order valence-corrected chi connectivity index (χ4v) is 1.14. The highest BCUT2D eigenvalue weighted by atomic mass is 14.4. The Morgan fingerprint density at radius 1 is 1.67 bits per heavy atom. The Morgan fingerprint density at radius 2 is 2.44 bits per heavy atom. The predicted molar refractivity (Wildman–Crippen MR) is 41.2 cm³/mol. The van der Waals surface area contributed by atoms with Crippen molar-refractivity contribution in [2.45, 2.75) is 19.8 Å². The van der Waals surface area contributed by atoms with Gasteiger partial charge in [0.25, 0.3) is 0 Å². The summed E-state index contributed by atoms with van der Waals surface area (Å²) in [6, 6.07) is 0. The third kappa shape index (κ3) is 1.70. The second-order valence-electron chi connectivity index (χ2n) is 2.70. The van der Waals surface area contributed by atoms with E-state index in [1.165, 1.54) is 12.8 Å². The normalized spacial score (nSPS) is 33.0. The Kier molecular flexibility index (Phi) is 2.10. The van der Waals surface area contributed by atoms with Crippen molar-refractivity contribution < 1.29 is 0 Å². The molecule has 1 saturated carbocycles. The summed E-state index contributed by atoms with van der Waals surface area (Å²) < 4.78 is 0. The molecule has 2 unspecified atom stereocenters. The third-order valence-electron chi connectivity index (χ3n) is 1.95. The molecule has 0 heterocycles. The van der Waals surface area contributed by atoms with E-state index in [1.807, 2.05) is 0 Å². The maximum atomic E-state index is 3.76. The van der Waals surface area contributed by atoms with Gasteiger partial charge in [0.05, 0.1) is 0 Å². The molecule has 1 fully saturated rings. The molecule has 0 N–H and O–H groups in total. The smallest absolute Gasteiger partial charge is 0.0202 e. The highest BCUT2D eigenvalue weighted by molar-refractivity contribution is 5.00. The number of allylic oxidation sites excluding steroid dienone is 3. The Labute approximate surface area is 57.3 Å². The van der Waals surface area contributed by atoms with Crippen molar-refractivity contribution in [3.63, 3.8) is 0 Å². The first-order chi connectivity index (χ1) is 4.38. The molecule has 0 heteroatoms. The van der Waals surface area contributed by atoms with Crippen LogP contribution in [0.1, 0.15) is 19.8 Å². The van der Waals surface area contributed by atoms with Crippen LogP contribution in [-0.2, 0) is 0 Å². The molecule has 0 aliphatic heterocycles. The van der Waals surface area contributed by atoms with Crippen molar-refractivity contribution in [3.05, 3.63) is 24.8 Å². The zero-order chi connectivity index (χ0) is 6.69. The molecule has 1 aliphatic rings. The zero-order valence-corrected chi connectivity index (χ0v) is 6.01. The molecule has 1 aliphatic carbocycles. The molecule has 0 spiro atoms. The molecule has 0 saturated heterocycles. The minimum absolute atomic E-state index is 0.834. The molecular weight excluding hydrogens is 108 g/mol. The summed E-state index contributed by atoms with van der Waals surface area (Å²) in [6.45, 7) is 5.83. The van der Waals surface area contributed by atoms with Gasteiger partial charge in [-0.15, -0.1) is 6.58 Å². The van der Waals surface area contributed by atoms with Gasteiger partial charge in [-0.2, -0.15) is 0 Å². The molecule has 0 bridgehead atoms. The first kappa shape index (κ1) is 6.60. The number of rotatable bonds is 3. The SMILES string of the molecule is C=CC1CC1CC=CC. The average Bonchev–Trinajstić information content (AvgIpc) is 2.62. The van der Waals surface area contributed by atoms with Crippen molar-refractivity contribution in [2.75, 3.05) is 0 Å². The molecule has 50 valence electrons. The van der Waals surface area contributed by atoms with Crippen LogP contribution in [0.3, 0.4) is 0 Å². The van der Waals surface area contributed by atoms with Crippen LogP contribution in [0.2, 0.25) is 0 Å². The van der Waals surface area contributed by atoms with Crippen LogP contribution < -0.4 is 0 Å². The minimum Gasteiger partial charge on any atom is -0.103 e. The highest BCUT2D eigenvalue weighted by Gasteiger charge is 2.32. The van der Waals surface area contributed by atoms with Crippen molar-refractivity contribution in [1.82, 2.24) is 0 Å². The van der Waals surface area contributed by atoms with Gasteiger partial charge in [0, 0.05) is 0 Å². The largest absolute Gasteiger partial charge is 0.103 e. The van der Waals surface area contributed by atoms with Crippen LogP contribution in [0.15, 0.2) is 24.8 Å². The van der Waals surface area contributed by atoms with Gasteiger partial charge in [-0.25, -0.2) is 0 Å². The maximum absolute atomic E-state index is 3.76. The Hall–Kier alpha value is -0.520. The molecule has 9 heavy (non-hydrogen) atoms. The molecule has 1 rings (SSSR count). The van der Waals surface area contributed by atoms with Crippen molar-refractivity contribution in [1.29, 1.82) is 0 Å². The van der Waals surface area contributed by atoms with Gasteiger partial charge in [0.15, 0.2) is 0 Å². The van der Waals surface area contributed by atoms with Crippen LogP contribution in [-0.4, -0.2) is 0 Å². The van der Waals surface area contributed by atoms with Crippen LogP contribution in [0, 0.1) is 11.8 Å². The highest BCUT2D eigenvalue weighted by Crippen LogP contribution is 2.41. The van der Waals surface area contributed by atoms with Gasteiger partial charge in [0.1, 0.15) is 0 Å². The molecule has 0 aromatic carbocycles. The van der Waals surface area contributed by atoms with E-state index in [2.05, 4.69) is 31.7 Å². The lowest BCUT2D eigenvalue weighted by molar-refractivity contribution is 0.807. The molecule has 0 nitrogen and oxygen atoms in total. The third-order valence-corrected chi connectivity index (χ3v) is 1.95. The molecule has 0 aromatic rings. The van der Waals surface area contributed by atoms with Gasteiger partial charge in [0.2, 0.25) is 0 Å². The maximum Gasteiger partial charge on any atom is -0.0202 e. The standard InChI is InChI=1S/C9H14/c1-3-5-6-9-7-8(9)4-2/h3-5,8-9H,2,6-7H2,1H3. The fraction of sp³-hybridized carbons (Fsp3) is 0.556. The first-order valence-electron chi connectivity index (χ1n) is 3.62. The average molecular weight is 122 g/mol. The quantitative estimate of drug-likeness (QED) is 0.505. The Bertz CT molecular complexity index is 122. The van der Waals surface area contributed by atoms with Crippen molar-refractivity contribution >= 4 is 0 Å². The summed E-state index contributed by atoms with van der Waals surface area (Å²) in [7, 11) is 0. The Balaban J connectivity index is 2.12. The van der Waals surface area contributed by atoms with Gasteiger partial charge in [-0.05, 0) is 31.6 Å². The van der Waals surface area contributed by atoms with E-state index >= 15 is 0 Å². The summed E-state index contributed by atoms with van der Waals surface area (Å²) in [5.74, 6) is 1.76. The van der Waals surface area contributed by atoms with Crippen molar-refractivity contribution in [2.24, 2.45) is 11.8 Å². The summed E-state index contributed by atoms with van der Waals surface area (Å²) in [5.41, 5.74) is 0. The summed E-state index contributed by atoms with van der Waals surface area (Å²) in [6.07, 6.45) is 9.07. The van der Waals surface area contributed by atoms with E-state index in [1.54, 1.807) is 0 Å². The summed E-state index contributed by atoms with van der Waals surface area (Å²) in [5, 5.41) is 0. The zero-order valence-electron chi connectivity index (χ0n) is 6.01. The fourth-order valence-electron chi connectivity index (χ4n) is 1.14. The lowest BCUT2D eigenvalue weighted by atomic mass is 10.2. The molecule has 0 radical (unpaired) electrons. The van der Waals surface area contributed by atoms with E-state index in [9.17, 15) is 0 Å². The second-order valence-corrected chi connectivity index (χ2v) is 2.70. The van der Waals surface area contributed by atoms with E-state index in [0.29, 0.717) is 0 Å². The van der Waals surface area contributed by atoms with Gasteiger partial charge in [-0.3, -0.25) is 0 Å². The monoisotopic (exact) mass is 122 g/mol. The van der Waals surface area contributed by atoms with Gasteiger partial charge < -0.3 is 0 Å². The summed E-state index contributed by atoms with van der Waals surface area (Å²) in [4.78, 5) is 0. The lowest BCUT2D eigenvalue weighted by Gasteiger charge is -1.85. The predicted octanol–water partition coefficient (Wildman–Crippen LogP) is 2.77. The number of hydrogen-bond acceptors (Lipinski definition) is 0. The van der Waals surface area contributed by atoms with E-state index in [-0.39, 0.29) is 0 Å². The Morgan fingerprint density at radius 3 is 2.89 bits per heavy atom. The second kappa shape index (κ2) is 2.86. The van der Waals surface area contributed by atoms with Gasteiger partial charge >= 0.3 is 0 Å². The summed E-state index contributed by atoms with van der Waals surface area (Å²) >= 11 is 0. The molecule has 2 atom stereocenters. The van der Waals surface area contributed by atoms with Gasteiger partial charge in [-0.1, -0.05) is 18.2 Å². The van der Waals surface area contributed by atoms with Crippen LogP contribution in [0.4, 0.5) is 0 Å². The van der Waals surface area contributed by atoms with Crippen LogP contribution >= 0.6 is 0 Å². The van der Waals surface area contributed by atoms with Crippen LogP contribution in [0.25, 0.3) is 0 Å². The minimum atomic E-state index is 0.834. The van der Waals surface area contributed by atoms with E-state index in [4.69, 9.17) is 0 Å². The molecule has 0 amide bonds. The van der Waals surface area contributed by atoms with Crippen molar-refractivity contribution in [3.8, 4) is 0 Å². The van der Waals surface area contributed by atoms with E-state index in [0.717, 1.165) is 11.8 Å². The lowest BCUT2D eigenvalue weighted by Crippen LogP contribution is -1.73.